The van der Waals surface area contributed by atoms with Crippen molar-refractivity contribution >= 4 is 5.91 Å². The minimum absolute atomic E-state index is 0.00478. The van der Waals surface area contributed by atoms with E-state index in [-0.39, 0.29) is 18.9 Å². The topological polar surface area (TPSA) is 89.8 Å². The van der Waals surface area contributed by atoms with Crippen molar-refractivity contribution in [2.45, 2.75) is 225 Å². The third kappa shape index (κ3) is 34.4. The van der Waals surface area contributed by atoms with Crippen molar-refractivity contribution in [1.29, 1.82) is 0 Å². The molecule has 3 unspecified atom stereocenters. The highest BCUT2D eigenvalue weighted by Crippen LogP contribution is 2.15. The molecule has 48 heavy (non-hydrogen) atoms. The van der Waals surface area contributed by atoms with Crippen LogP contribution in [0.5, 0.6) is 0 Å². The highest BCUT2D eigenvalue weighted by atomic mass is 16.3. The molecule has 5 nitrogen and oxygen atoms in total. The molecular formula is C43H81NO4. The Kier molecular flexibility index (Phi) is 37.2. The first kappa shape index (κ1) is 46.6. The van der Waals surface area contributed by atoms with Gasteiger partial charge in [-0.2, -0.15) is 0 Å². The summed E-state index contributed by atoms with van der Waals surface area (Å²) in [4.78, 5) is 12.4. The molecule has 0 aromatic carbocycles. The number of aliphatic hydroxyl groups excluding tert-OH is 3. The van der Waals surface area contributed by atoms with Gasteiger partial charge in [-0.15, -0.1) is 0 Å². The molecule has 282 valence electrons. The van der Waals surface area contributed by atoms with Crippen molar-refractivity contribution in [3.63, 3.8) is 0 Å². The molecule has 0 spiro atoms. The van der Waals surface area contributed by atoms with Crippen molar-refractivity contribution in [1.82, 2.24) is 5.32 Å². The van der Waals surface area contributed by atoms with Crippen molar-refractivity contribution in [3.8, 4) is 0 Å². The molecule has 0 heterocycles. The molecule has 0 fully saturated rings. The molecule has 4 N–H and O–H groups in total. The van der Waals surface area contributed by atoms with Crippen molar-refractivity contribution in [2.75, 3.05) is 6.61 Å². The van der Waals surface area contributed by atoms with Gasteiger partial charge >= 0.3 is 0 Å². The number of nitrogens with one attached hydrogen (secondary N) is 1. The van der Waals surface area contributed by atoms with E-state index in [0.29, 0.717) is 6.42 Å². The van der Waals surface area contributed by atoms with E-state index in [4.69, 9.17) is 0 Å². The molecule has 0 aliphatic carbocycles. The van der Waals surface area contributed by atoms with Crippen LogP contribution < -0.4 is 5.32 Å². The molecule has 0 aliphatic heterocycles. The Morgan fingerprint density at radius 2 is 0.896 bits per heavy atom. The average molecular weight is 676 g/mol. The highest BCUT2D eigenvalue weighted by Gasteiger charge is 2.20. The number of carbonyl (C=O) groups is 1. The van der Waals surface area contributed by atoms with E-state index in [1.54, 1.807) is 6.08 Å². The molecule has 0 aromatic rings. The summed E-state index contributed by atoms with van der Waals surface area (Å²) < 4.78 is 0. The number of rotatable bonds is 37. The number of allylic oxidation sites excluding steroid dienone is 5. The van der Waals surface area contributed by atoms with Crippen molar-refractivity contribution in [2.24, 2.45) is 0 Å². The number of hydrogen-bond donors (Lipinski definition) is 4. The zero-order valence-electron chi connectivity index (χ0n) is 31.9. The smallest absolute Gasteiger partial charge is 0.222 e. The predicted octanol–water partition coefficient (Wildman–Crippen LogP) is 11.6. The SMILES string of the molecule is CCCCCCCC/C=C/CC/C=C/CC/C=C/C(O)C(CO)NC(=O)CC(O)CCCCCCCCCCCCCCCCCCC. The number of amides is 1. The third-order valence-electron chi connectivity index (χ3n) is 9.41. The Hall–Kier alpha value is -1.43. The normalized spacial score (nSPS) is 14.0. The Labute approximate surface area is 298 Å². The Morgan fingerprint density at radius 3 is 1.33 bits per heavy atom. The number of hydrogen-bond acceptors (Lipinski definition) is 4. The molecule has 0 radical (unpaired) electrons. The van der Waals surface area contributed by atoms with Crippen LogP contribution >= 0.6 is 0 Å². The minimum atomic E-state index is -0.957. The monoisotopic (exact) mass is 676 g/mol. The average Bonchev–Trinajstić information content (AvgIpc) is 3.08. The van der Waals surface area contributed by atoms with Gasteiger partial charge in [0.2, 0.25) is 5.91 Å². The van der Waals surface area contributed by atoms with Gasteiger partial charge in [-0.25, -0.2) is 0 Å². The second-order valence-electron chi connectivity index (χ2n) is 14.2. The van der Waals surface area contributed by atoms with Gasteiger partial charge in [0.15, 0.2) is 0 Å². The van der Waals surface area contributed by atoms with Crippen LogP contribution in [0.4, 0.5) is 0 Å². The van der Waals surface area contributed by atoms with E-state index in [1.807, 2.05) is 6.08 Å². The minimum Gasteiger partial charge on any atom is -0.394 e. The summed E-state index contributed by atoms with van der Waals surface area (Å²) in [6.45, 7) is 4.18. The van der Waals surface area contributed by atoms with Gasteiger partial charge in [0.25, 0.3) is 0 Å². The Bertz CT molecular complexity index is 749. The lowest BCUT2D eigenvalue weighted by atomic mass is 10.0. The van der Waals surface area contributed by atoms with Gasteiger partial charge in [0.05, 0.1) is 31.3 Å². The lowest BCUT2D eigenvalue weighted by Gasteiger charge is -2.21. The van der Waals surface area contributed by atoms with Gasteiger partial charge in [0.1, 0.15) is 0 Å². The summed E-state index contributed by atoms with van der Waals surface area (Å²) >= 11 is 0. The predicted molar refractivity (Wildman–Crippen MR) is 208 cm³/mol. The number of carbonyl (C=O) groups excluding carboxylic acids is 1. The maximum atomic E-state index is 12.4. The fraction of sp³-hybridized carbons (Fsp3) is 0.837. The molecule has 0 rings (SSSR count). The van der Waals surface area contributed by atoms with E-state index >= 15 is 0 Å². The van der Waals surface area contributed by atoms with Gasteiger partial charge in [-0.1, -0.05) is 192 Å². The quantitative estimate of drug-likeness (QED) is 0.0390. The summed E-state index contributed by atoms with van der Waals surface area (Å²) in [5.74, 6) is -0.329. The van der Waals surface area contributed by atoms with Crippen LogP contribution in [0.15, 0.2) is 36.5 Å². The first-order chi connectivity index (χ1) is 23.5. The second kappa shape index (κ2) is 38.4. The van der Waals surface area contributed by atoms with Crippen LogP contribution in [-0.4, -0.2) is 46.1 Å². The first-order valence-corrected chi connectivity index (χ1v) is 20.8. The van der Waals surface area contributed by atoms with Crippen molar-refractivity contribution < 1.29 is 20.1 Å². The molecule has 0 saturated carbocycles. The van der Waals surface area contributed by atoms with Gasteiger partial charge in [-0.05, 0) is 44.9 Å². The fourth-order valence-electron chi connectivity index (χ4n) is 6.19. The molecule has 3 atom stereocenters. The lowest BCUT2D eigenvalue weighted by Crippen LogP contribution is -2.45. The highest BCUT2D eigenvalue weighted by molar-refractivity contribution is 5.76. The molecule has 1 amide bonds. The Balaban J connectivity index is 3.74. The van der Waals surface area contributed by atoms with Gasteiger partial charge in [-0.3, -0.25) is 4.79 Å². The fourth-order valence-corrected chi connectivity index (χ4v) is 6.19. The summed E-state index contributed by atoms with van der Waals surface area (Å²) in [6, 6.07) is -0.764. The third-order valence-corrected chi connectivity index (χ3v) is 9.41. The molecule has 0 saturated heterocycles. The van der Waals surface area contributed by atoms with Crippen LogP contribution in [0.3, 0.4) is 0 Å². The zero-order valence-corrected chi connectivity index (χ0v) is 31.9. The van der Waals surface area contributed by atoms with Gasteiger partial charge in [0, 0.05) is 0 Å². The molecule has 0 aromatic heterocycles. The van der Waals surface area contributed by atoms with E-state index in [0.717, 1.165) is 38.5 Å². The summed E-state index contributed by atoms with van der Waals surface area (Å²) in [5, 5.41) is 33.1. The largest absolute Gasteiger partial charge is 0.394 e. The zero-order chi connectivity index (χ0) is 35.2. The van der Waals surface area contributed by atoms with Crippen LogP contribution in [0, 0.1) is 0 Å². The van der Waals surface area contributed by atoms with Crippen LogP contribution in [0.1, 0.15) is 206 Å². The number of aliphatic hydroxyl groups is 3. The molecule has 0 bridgehead atoms. The van der Waals surface area contributed by atoms with E-state index in [9.17, 15) is 20.1 Å². The second-order valence-corrected chi connectivity index (χ2v) is 14.2. The standard InChI is InChI=1S/C43H81NO4/c1-3-5-7-9-11-13-15-17-19-21-22-24-26-28-30-32-34-36-40(46)38-43(48)44-41(39-45)42(47)37-35-33-31-29-27-25-23-20-18-16-14-12-10-8-6-4-2/h18,20,27,29,35,37,40-42,45-47H,3-17,19,21-26,28,30-34,36,38-39H2,1-2H3,(H,44,48)/b20-18+,29-27+,37-35+. The molecule has 5 heteroatoms. The van der Waals surface area contributed by atoms with E-state index < -0.39 is 18.2 Å². The van der Waals surface area contributed by atoms with E-state index in [1.165, 1.54) is 141 Å². The first-order valence-electron chi connectivity index (χ1n) is 20.8. The Morgan fingerprint density at radius 1 is 0.521 bits per heavy atom. The van der Waals surface area contributed by atoms with Crippen molar-refractivity contribution in [3.05, 3.63) is 36.5 Å². The van der Waals surface area contributed by atoms with Crippen LogP contribution in [0.2, 0.25) is 0 Å². The number of unbranched alkanes of at least 4 members (excludes halogenated alkanes) is 24. The lowest BCUT2D eigenvalue weighted by molar-refractivity contribution is -0.124. The molecular weight excluding hydrogens is 594 g/mol. The summed E-state index contributed by atoms with van der Waals surface area (Å²) in [5.41, 5.74) is 0. The molecule has 0 aliphatic rings. The maximum absolute atomic E-state index is 12.4. The van der Waals surface area contributed by atoms with E-state index in [2.05, 4.69) is 43.5 Å². The van der Waals surface area contributed by atoms with Crippen LogP contribution in [0.25, 0.3) is 0 Å². The maximum Gasteiger partial charge on any atom is 0.222 e. The summed E-state index contributed by atoms with van der Waals surface area (Å²) in [6.07, 6.45) is 47.0. The summed E-state index contributed by atoms with van der Waals surface area (Å²) in [7, 11) is 0. The van der Waals surface area contributed by atoms with Crippen LogP contribution in [-0.2, 0) is 4.79 Å². The van der Waals surface area contributed by atoms with Gasteiger partial charge < -0.3 is 20.6 Å².